The maximum absolute atomic E-state index is 5.62. The molecule has 0 heterocycles. The van der Waals surface area contributed by atoms with Gasteiger partial charge in [0.2, 0.25) is 0 Å². The molecule has 0 spiro atoms. The molecule has 2 rings (SSSR count). The lowest BCUT2D eigenvalue weighted by Crippen LogP contribution is -2.14. The van der Waals surface area contributed by atoms with E-state index >= 15 is 0 Å². The van der Waals surface area contributed by atoms with Gasteiger partial charge in [-0.05, 0) is 48.9 Å². The molecule has 0 amide bonds. The van der Waals surface area contributed by atoms with Gasteiger partial charge in [0.25, 0.3) is 0 Å². The topological polar surface area (TPSA) is 38.0 Å². The molecule has 1 saturated carbocycles. The second kappa shape index (κ2) is 3.52. The molecule has 3 N–H and O–H groups in total. The molecule has 2 heteroatoms. The molecule has 76 valence electrons. The number of hydrogen-bond acceptors (Lipinski definition) is 2. The predicted molar refractivity (Wildman–Crippen MR) is 61.3 cm³/mol. The van der Waals surface area contributed by atoms with Crippen LogP contribution in [0, 0.1) is 5.41 Å². The first-order valence-electron chi connectivity index (χ1n) is 5.33. The molecule has 0 unspecified atom stereocenters. The minimum Gasteiger partial charge on any atom is -0.399 e. The molecular formula is C12H18N2. The van der Waals surface area contributed by atoms with Gasteiger partial charge in [-0.15, -0.1) is 0 Å². The first-order valence-corrected chi connectivity index (χ1v) is 5.33. The van der Waals surface area contributed by atoms with Crippen molar-refractivity contribution in [2.75, 3.05) is 17.6 Å². The maximum Gasteiger partial charge on any atom is 0.0341 e. The van der Waals surface area contributed by atoms with Crippen LogP contribution in [0.5, 0.6) is 0 Å². The number of hydrogen-bond donors (Lipinski definition) is 2. The standard InChI is InChI=1S/C12H18N2/c1-2-12(7-8-12)9-14-11-5-3-10(13)4-6-11/h3-6,14H,2,7-9,13H2,1H3. The SMILES string of the molecule is CCC1(CNc2ccc(N)cc2)CC1. The Morgan fingerprint density at radius 2 is 1.93 bits per heavy atom. The van der Waals surface area contributed by atoms with Crippen molar-refractivity contribution in [3.8, 4) is 0 Å². The van der Waals surface area contributed by atoms with Crippen molar-refractivity contribution in [1.29, 1.82) is 0 Å². The third-order valence-corrected chi connectivity index (χ3v) is 3.29. The minimum absolute atomic E-state index is 0.599. The van der Waals surface area contributed by atoms with Crippen LogP contribution in [0.1, 0.15) is 26.2 Å². The lowest BCUT2D eigenvalue weighted by atomic mass is 10.0. The van der Waals surface area contributed by atoms with Gasteiger partial charge in [0.05, 0.1) is 0 Å². The van der Waals surface area contributed by atoms with Crippen LogP contribution < -0.4 is 11.1 Å². The van der Waals surface area contributed by atoms with Gasteiger partial charge in [-0.2, -0.15) is 0 Å². The van der Waals surface area contributed by atoms with Crippen molar-refractivity contribution < 1.29 is 0 Å². The monoisotopic (exact) mass is 190 g/mol. The molecule has 1 aliphatic carbocycles. The number of rotatable bonds is 4. The zero-order chi connectivity index (χ0) is 10.0. The van der Waals surface area contributed by atoms with Crippen LogP contribution in [0.15, 0.2) is 24.3 Å². The highest BCUT2D eigenvalue weighted by Crippen LogP contribution is 2.48. The second-order valence-electron chi connectivity index (χ2n) is 4.33. The largest absolute Gasteiger partial charge is 0.399 e. The summed E-state index contributed by atoms with van der Waals surface area (Å²) in [7, 11) is 0. The summed E-state index contributed by atoms with van der Waals surface area (Å²) in [5, 5.41) is 3.47. The van der Waals surface area contributed by atoms with Crippen LogP contribution in [0.4, 0.5) is 11.4 Å². The van der Waals surface area contributed by atoms with E-state index in [-0.39, 0.29) is 0 Å². The highest BCUT2D eigenvalue weighted by molar-refractivity contribution is 5.51. The molecule has 0 aromatic heterocycles. The summed E-state index contributed by atoms with van der Waals surface area (Å²) >= 11 is 0. The van der Waals surface area contributed by atoms with Gasteiger partial charge in [-0.3, -0.25) is 0 Å². The summed E-state index contributed by atoms with van der Waals surface area (Å²) in [6.07, 6.45) is 4.05. The lowest BCUT2D eigenvalue weighted by Gasteiger charge is -2.14. The molecule has 1 aliphatic rings. The molecule has 0 atom stereocenters. The van der Waals surface area contributed by atoms with Crippen LogP contribution in [-0.4, -0.2) is 6.54 Å². The Morgan fingerprint density at radius 3 is 2.43 bits per heavy atom. The normalized spacial score (nSPS) is 17.8. The van der Waals surface area contributed by atoms with E-state index in [1.165, 1.54) is 24.9 Å². The Hall–Kier alpha value is -1.18. The van der Waals surface area contributed by atoms with E-state index < -0.39 is 0 Å². The van der Waals surface area contributed by atoms with Crippen molar-refractivity contribution in [2.24, 2.45) is 5.41 Å². The van der Waals surface area contributed by atoms with Gasteiger partial charge in [-0.25, -0.2) is 0 Å². The fourth-order valence-electron chi connectivity index (χ4n) is 1.72. The fourth-order valence-corrected chi connectivity index (χ4v) is 1.72. The van der Waals surface area contributed by atoms with Gasteiger partial charge in [0.1, 0.15) is 0 Å². The Kier molecular flexibility index (Phi) is 2.36. The van der Waals surface area contributed by atoms with Crippen LogP contribution in [-0.2, 0) is 0 Å². The molecule has 0 radical (unpaired) electrons. The zero-order valence-electron chi connectivity index (χ0n) is 8.72. The quantitative estimate of drug-likeness (QED) is 0.716. The molecule has 0 aliphatic heterocycles. The molecule has 0 saturated heterocycles. The third kappa shape index (κ3) is 2.00. The van der Waals surface area contributed by atoms with Gasteiger partial charge < -0.3 is 11.1 Å². The van der Waals surface area contributed by atoms with E-state index in [2.05, 4.69) is 12.2 Å². The van der Waals surface area contributed by atoms with E-state index in [1.54, 1.807) is 0 Å². The first-order chi connectivity index (χ1) is 6.74. The van der Waals surface area contributed by atoms with Crippen LogP contribution in [0.2, 0.25) is 0 Å². The molecule has 2 nitrogen and oxygen atoms in total. The molecule has 14 heavy (non-hydrogen) atoms. The van der Waals surface area contributed by atoms with Crippen molar-refractivity contribution in [2.45, 2.75) is 26.2 Å². The van der Waals surface area contributed by atoms with E-state index in [0.29, 0.717) is 5.41 Å². The van der Waals surface area contributed by atoms with Crippen LogP contribution in [0.3, 0.4) is 0 Å². The number of nitrogen functional groups attached to an aromatic ring is 1. The molecular weight excluding hydrogens is 172 g/mol. The Bertz CT molecular complexity index is 299. The minimum atomic E-state index is 0.599. The molecule has 0 bridgehead atoms. The smallest absolute Gasteiger partial charge is 0.0341 e. The Labute approximate surface area is 85.5 Å². The number of benzene rings is 1. The van der Waals surface area contributed by atoms with Gasteiger partial charge in [-0.1, -0.05) is 6.92 Å². The lowest BCUT2D eigenvalue weighted by molar-refractivity contribution is 0.521. The van der Waals surface area contributed by atoms with E-state index in [1.807, 2.05) is 24.3 Å². The second-order valence-corrected chi connectivity index (χ2v) is 4.33. The van der Waals surface area contributed by atoms with Crippen molar-refractivity contribution >= 4 is 11.4 Å². The van der Waals surface area contributed by atoms with Gasteiger partial charge >= 0.3 is 0 Å². The number of nitrogens with two attached hydrogens (primary N) is 1. The molecule has 1 fully saturated rings. The average Bonchev–Trinajstić information content (AvgIpc) is 2.98. The highest BCUT2D eigenvalue weighted by Gasteiger charge is 2.40. The summed E-state index contributed by atoms with van der Waals surface area (Å²) in [4.78, 5) is 0. The van der Waals surface area contributed by atoms with Crippen molar-refractivity contribution in [1.82, 2.24) is 0 Å². The van der Waals surface area contributed by atoms with Gasteiger partial charge in [0, 0.05) is 17.9 Å². The number of nitrogens with one attached hydrogen (secondary N) is 1. The summed E-state index contributed by atoms with van der Waals surface area (Å²) in [6, 6.07) is 7.96. The van der Waals surface area contributed by atoms with E-state index in [0.717, 1.165) is 12.2 Å². The van der Waals surface area contributed by atoms with Crippen molar-refractivity contribution in [3.05, 3.63) is 24.3 Å². The summed E-state index contributed by atoms with van der Waals surface area (Å²) < 4.78 is 0. The van der Waals surface area contributed by atoms with E-state index in [4.69, 9.17) is 5.73 Å². The first kappa shape index (κ1) is 9.38. The highest BCUT2D eigenvalue weighted by atomic mass is 14.9. The maximum atomic E-state index is 5.62. The third-order valence-electron chi connectivity index (χ3n) is 3.29. The van der Waals surface area contributed by atoms with Crippen LogP contribution in [0.25, 0.3) is 0 Å². The fraction of sp³-hybridized carbons (Fsp3) is 0.500. The molecule has 1 aromatic carbocycles. The van der Waals surface area contributed by atoms with Crippen molar-refractivity contribution in [3.63, 3.8) is 0 Å². The summed E-state index contributed by atoms with van der Waals surface area (Å²) in [6.45, 7) is 3.38. The molecule has 1 aromatic rings. The van der Waals surface area contributed by atoms with Crippen LogP contribution >= 0.6 is 0 Å². The Balaban J connectivity index is 1.89. The number of anilines is 2. The van der Waals surface area contributed by atoms with E-state index in [9.17, 15) is 0 Å². The Morgan fingerprint density at radius 1 is 1.29 bits per heavy atom. The average molecular weight is 190 g/mol. The summed E-state index contributed by atoms with van der Waals surface area (Å²) in [5.41, 5.74) is 8.22. The van der Waals surface area contributed by atoms with Gasteiger partial charge in [0.15, 0.2) is 0 Å². The summed E-state index contributed by atoms with van der Waals surface area (Å²) in [5.74, 6) is 0. The zero-order valence-corrected chi connectivity index (χ0v) is 8.72. The predicted octanol–water partition coefficient (Wildman–Crippen LogP) is 2.87.